The normalized spacial score (nSPS) is 10.3. The van der Waals surface area contributed by atoms with Gasteiger partial charge in [0.05, 0.1) is 6.61 Å². The molecule has 0 spiro atoms. The molecule has 0 amide bonds. The summed E-state index contributed by atoms with van der Waals surface area (Å²) in [5.74, 6) is 0.938. The van der Waals surface area contributed by atoms with Crippen molar-refractivity contribution in [3.63, 3.8) is 0 Å². The van der Waals surface area contributed by atoms with Crippen LogP contribution in [0.25, 0.3) is 0 Å². The molecule has 0 saturated carbocycles. The molecule has 0 aliphatic heterocycles. The molecule has 20 heavy (non-hydrogen) atoms. The van der Waals surface area contributed by atoms with Gasteiger partial charge >= 0.3 is 0 Å². The van der Waals surface area contributed by atoms with Gasteiger partial charge in [-0.05, 0) is 31.0 Å². The van der Waals surface area contributed by atoms with Gasteiger partial charge in [-0.3, -0.25) is 0 Å². The number of rotatable bonds is 7. The van der Waals surface area contributed by atoms with Crippen LogP contribution in [0.2, 0.25) is 0 Å². The molecule has 0 heterocycles. The minimum absolute atomic E-state index is 0.790. The number of hydrogen-bond acceptors (Lipinski definition) is 2. The third-order valence-electron chi connectivity index (χ3n) is 3.18. The monoisotopic (exact) mass is 269 g/mol. The molecule has 0 fully saturated rings. The van der Waals surface area contributed by atoms with Gasteiger partial charge in [0.15, 0.2) is 0 Å². The van der Waals surface area contributed by atoms with Crippen molar-refractivity contribution in [1.82, 2.24) is 0 Å². The number of benzene rings is 2. The molecule has 106 valence electrons. The van der Waals surface area contributed by atoms with E-state index in [1.807, 2.05) is 12.1 Å². The molecule has 2 rings (SSSR count). The molecule has 0 aliphatic rings. The molecule has 0 saturated heterocycles. The topological polar surface area (TPSA) is 21.3 Å². The zero-order valence-electron chi connectivity index (χ0n) is 12.4. The van der Waals surface area contributed by atoms with E-state index in [0.717, 1.165) is 37.4 Å². The fourth-order valence-electron chi connectivity index (χ4n) is 2.06. The van der Waals surface area contributed by atoms with Crippen LogP contribution in [0.5, 0.6) is 5.75 Å². The Bertz CT molecular complexity index is 536. The molecule has 0 atom stereocenters. The van der Waals surface area contributed by atoms with Gasteiger partial charge in [-0.2, -0.15) is 0 Å². The van der Waals surface area contributed by atoms with Crippen molar-refractivity contribution in [2.75, 3.05) is 11.9 Å². The molecule has 0 unspecified atom stereocenters. The van der Waals surface area contributed by atoms with E-state index in [0.29, 0.717) is 0 Å². The summed E-state index contributed by atoms with van der Waals surface area (Å²) in [6.45, 7) is 5.91. The van der Waals surface area contributed by atoms with Crippen molar-refractivity contribution >= 4 is 5.69 Å². The lowest BCUT2D eigenvalue weighted by atomic mass is 10.1. The second-order valence-corrected chi connectivity index (χ2v) is 5.07. The summed E-state index contributed by atoms with van der Waals surface area (Å²) in [5.41, 5.74) is 3.68. The number of anilines is 1. The van der Waals surface area contributed by atoms with Crippen LogP contribution in [0, 0.1) is 6.92 Å². The smallest absolute Gasteiger partial charge is 0.121 e. The summed E-state index contributed by atoms with van der Waals surface area (Å²) in [6.07, 6.45) is 2.26. The molecule has 2 aromatic rings. The molecular weight excluding hydrogens is 246 g/mol. The highest BCUT2D eigenvalue weighted by Gasteiger charge is 1.98. The van der Waals surface area contributed by atoms with Crippen LogP contribution >= 0.6 is 0 Å². The SMILES string of the molecule is CCCCOc1cccc(NCc2cccc(C)c2)c1. The molecule has 0 aliphatic carbocycles. The van der Waals surface area contributed by atoms with Gasteiger partial charge < -0.3 is 10.1 Å². The van der Waals surface area contributed by atoms with Crippen molar-refractivity contribution in [2.45, 2.75) is 33.2 Å². The summed E-state index contributed by atoms with van der Waals surface area (Å²) in [5, 5.41) is 3.44. The largest absolute Gasteiger partial charge is 0.494 e. The van der Waals surface area contributed by atoms with E-state index in [4.69, 9.17) is 4.74 Å². The third kappa shape index (κ3) is 4.61. The van der Waals surface area contributed by atoms with Gasteiger partial charge in [-0.15, -0.1) is 0 Å². The van der Waals surface area contributed by atoms with E-state index in [1.165, 1.54) is 11.1 Å². The van der Waals surface area contributed by atoms with Crippen LogP contribution in [-0.4, -0.2) is 6.61 Å². The summed E-state index contributed by atoms with van der Waals surface area (Å²) in [7, 11) is 0. The summed E-state index contributed by atoms with van der Waals surface area (Å²) in [4.78, 5) is 0. The van der Waals surface area contributed by atoms with Crippen molar-refractivity contribution in [1.29, 1.82) is 0 Å². The quantitative estimate of drug-likeness (QED) is 0.730. The summed E-state index contributed by atoms with van der Waals surface area (Å²) < 4.78 is 5.72. The third-order valence-corrected chi connectivity index (χ3v) is 3.18. The van der Waals surface area contributed by atoms with Crippen LogP contribution in [0.1, 0.15) is 30.9 Å². The number of nitrogens with one attached hydrogen (secondary N) is 1. The van der Waals surface area contributed by atoms with Crippen LogP contribution in [0.3, 0.4) is 0 Å². The van der Waals surface area contributed by atoms with Crippen LogP contribution < -0.4 is 10.1 Å². The second-order valence-electron chi connectivity index (χ2n) is 5.07. The molecule has 0 aromatic heterocycles. The van der Waals surface area contributed by atoms with E-state index in [1.54, 1.807) is 0 Å². The summed E-state index contributed by atoms with van der Waals surface area (Å²) >= 11 is 0. The maximum absolute atomic E-state index is 5.72. The van der Waals surface area contributed by atoms with Gasteiger partial charge in [0.25, 0.3) is 0 Å². The molecule has 2 nitrogen and oxygen atoms in total. The lowest BCUT2D eigenvalue weighted by Gasteiger charge is -2.10. The van der Waals surface area contributed by atoms with Crippen molar-refractivity contribution in [3.8, 4) is 5.75 Å². The lowest BCUT2D eigenvalue weighted by Crippen LogP contribution is -2.01. The van der Waals surface area contributed by atoms with E-state index in [2.05, 4.69) is 55.6 Å². The summed E-state index contributed by atoms with van der Waals surface area (Å²) in [6, 6.07) is 16.7. The first-order valence-corrected chi connectivity index (χ1v) is 7.30. The first-order valence-electron chi connectivity index (χ1n) is 7.30. The Morgan fingerprint density at radius 3 is 2.70 bits per heavy atom. The second kappa shape index (κ2) is 7.59. The van der Waals surface area contributed by atoms with Crippen molar-refractivity contribution in [2.24, 2.45) is 0 Å². The number of ether oxygens (including phenoxy) is 1. The first-order chi connectivity index (χ1) is 9.78. The number of aryl methyl sites for hydroxylation is 1. The Balaban J connectivity index is 1.91. The first kappa shape index (κ1) is 14.4. The van der Waals surface area contributed by atoms with Gasteiger partial charge in [-0.25, -0.2) is 0 Å². The van der Waals surface area contributed by atoms with Crippen molar-refractivity contribution in [3.05, 3.63) is 59.7 Å². The molecule has 0 bridgehead atoms. The van der Waals surface area contributed by atoms with Gasteiger partial charge in [0, 0.05) is 18.3 Å². The van der Waals surface area contributed by atoms with Crippen LogP contribution in [0.15, 0.2) is 48.5 Å². The van der Waals surface area contributed by atoms with E-state index in [-0.39, 0.29) is 0 Å². The number of hydrogen-bond donors (Lipinski definition) is 1. The minimum Gasteiger partial charge on any atom is -0.494 e. The van der Waals surface area contributed by atoms with Crippen LogP contribution in [0.4, 0.5) is 5.69 Å². The van der Waals surface area contributed by atoms with E-state index >= 15 is 0 Å². The lowest BCUT2D eigenvalue weighted by molar-refractivity contribution is 0.309. The van der Waals surface area contributed by atoms with Crippen LogP contribution in [-0.2, 0) is 6.54 Å². The predicted molar refractivity (Wildman–Crippen MR) is 85.4 cm³/mol. The molecule has 1 N–H and O–H groups in total. The van der Waals surface area contributed by atoms with E-state index in [9.17, 15) is 0 Å². The predicted octanol–water partition coefficient (Wildman–Crippen LogP) is 4.79. The highest BCUT2D eigenvalue weighted by atomic mass is 16.5. The molecule has 2 heteroatoms. The average Bonchev–Trinajstić information content (AvgIpc) is 2.46. The minimum atomic E-state index is 0.790. The van der Waals surface area contributed by atoms with Gasteiger partial charge in [-0.1, -0.05) is 49.2 Å². The average molecular weight is 269 g/mol. The molecule has 0 radical (unpaired) electrons. The molecule has 2 aromatic carbocycles. The maximum atomic E-state index is 5.72. The molecular formula is C18H23NO. The van der Waals surface area contributed by atoms with Gasteiger partial charge in [0.1, 0.15) is 5.75 Å². The standard InChI is InChI=1S/C18H23NO/c1-3-4-11-20-18-10-6-9-17(13-18)19-14-16-8-5-7-15(2)12-16/h5-10,12-13,19H,3-4,11,14H2,1-2H3. The highest BCUT2D eigenvalue weighted by Crippen LogP contribution is 2.18. The Morgan fingerprint density at radius 2 is 1.90 bits per heavy atom. The zero-order chi connectivity index (χ0) is 14.2. The highest BCUT2D eigenvalue weighted by molar-refractivity contribution is 5.48. The maximum Gasteiger partial charge on any atom is 0.121 e. The van der Waals surface area contributed by atoms with Crippen molar-refractivity contribution < 1.29 is 4.74 Å². The van der Waals surface area contributed by atoms with E-state index < -0.39 is 0 Å². The fourth-order valence-corrected chi connectivity index (χ4v) is 2.06. The fraction of sp³-hybridized carbons (Fsp3) is 0.333. The Kier molecular flexibility index (Phi) is 5.48. The Labute approximate surface area is 121 Å². The zero-order valence-corrected chi connectivity index (χ0v) is 12.4. The Morgan fingerprint density at radius 1 is 1.05 bits per heavy atom. The Hall–Kier alpha value is -1.96. The van der Waals surface area contributed by atoms with Gasteiger partial charge in [0.2, 0.25) is 0 Å². The number of unbranched alkanes of at least 4 members (excludes halogenated alkanes) is 1.